The molecule has 1 saturated carbocycles. The van der Waals surface area contributed by atoms with Crippen molar-refractivity contribution in [3.63, 3.8) is 0 Å². The van der Waals surface area contributed by atoms with Gasteiger partial charge in [-0.1, -0.05) is 30.3 Å². The molecule has 0 unspecified atom stereocenters. The molecule has 220 valence electrons. The SMILES string of the molecule is NC(=O)c1ccc(N2CCN(Cc3ccc(CNc4cccc5c4C(=O)N([C@H]4CCC(=O)CC4=O)C5=O)cc3)CC2)nc1. The van der Waals surface area contributed by atoms with Crippen LogP contribution in [0.1, 0.15) is 61.5 Å². The zero-order chi connectivity index (χ0) is 30.1. The molecule has 6 rings (SSSR count). The van der Waals surface area contributed by atoms with E-state index in [4.69, 9.17) is 5.73 Å². The fourth-order valence-corrected chi connectivity index (χ4v) is 5.94. The number of ketones is 2. The van der Waals surface area contributed by atoms with Gasteiger partial charge in [0, 0.05) is 57.6 Å². The summed E-state index contributed by atoms with van der Waals surface area (Å²) < 4.78 is 0. The summed E-state index contributed by atoms with van der Waals surface area (Å²) in [5.74, 6) is -1.17. The number of nitrogens with zero attached hydrogens (tertiary/aromatic N) is 4. The van der Waals surface area contributed by atoms with E-state index in [1.54, 1.807) is 24.3 Å². The van der Waals surface area contributed by atoms with Crippen molar-refractivity contribution in [2.45, 2.75) is 38.4 Å². The Morgan fingerprint density at radius 2 is 1.65 bits per heavy atom. The van der Waals surface area contributed by atoms with Crippen LogP contribution in [-0.4, -0.2) is 76.3 Å². The van der Waals surface area contributed by atoms with Crippen molar-refractivity contribution in [3.8, 4) is 0 Å². The molecule has 3 N–H and O–H groups in total. The quantitative estimate of drug-likeness (QED) is 0.303. The van der Waals surface area contributed by atoms with E-state index in [-0.39, 0.29) is 42.0 Å². The molecule has 1 aromatic heterocycles. The van der Waals surface area contributed by atoms with Gasteiger partial charge in [-0.05, 0) is 41.8 Å². The number of carbonyl (C=O) groups excluding carboxylic acids is 5. The highest BCUT2D eigenvalue weighted by atomic mass is 16.2. The summed E-state index contributed by atoms with van der Waals surface area (Å²) in [6, 6.07) is 16.0. The number of nitrogens with one attached hydrogen (secondary N) is 1. The normalized spacial score (nSPS) is 19.1. The molecule has 11 heteroatoms. The number of Topliss-reactive ketones (excluding diaryl/α,β-unsaturated/α-hetero) is 2. The van der Waals surface area contributed by atoms with Crippen LogP contribution in [0.2, 0.25) is 0 Å². The Kier molecular flexibility index (Phi) is 7.73. The fraction of sp³-hybridized carbons (Fsp3) is 0.312. The van der Waals surface area contributed by atoms with Gasteiger partial charge in [-0.2, -0.15) is 0 Å². The number of fused-ring (bicyclic) bond motifs is 1. The number of primary amides is 1. The summed E-state index contributed by atoms with van der Waals surface area (Å²) in [5.41, 5.74) is 9.00. The first kappa shape index (κ1) is 28.2. The molecule has 2 aromatic carbocycles. The summed E-state index contributed by atoms with van der Waals surface area (Å²) in [4.78, 5) is 71.9. The van der Waals surface area contributed by atoms with Crippen molar-refractivity contribution < 1.29 is 24.0 Å². The lowest BCUT2D eigenvalue weighted by atomic mass is 9.92. The van der Waals surface area contributed by atoms with Crippen molar-refractivity contribution in [1.82, 2.24) is 14.8 Å². The van der Waals surface area contributed by atoms with E-state index in [9.17, 15) is 24.0 Å². The van der Waals surface area contributed by atoms with E-state index in [1.165, 1.54) is 11.8 Å². The van der Waals surface area contributed by atoms with Gasteiger partial charge in [-0.3, -0.25) is 33.8 Å². The highest BCUT2D eigenvalue weighted by Crippen LogP contribution is 2.33. The summed E-state index contributed by atoms with van der Waals surface area (Å²) in [6.45, 7) is 4.70. The summed E-state index contributed by atoms with van der Waals surface area (Å²) in [7, 11) is 0. The van der Waals surface area contributed by atoms with Gasteiger partial charge in [0.2, 0.25) is 5.91 Å². The van der Waals surface area contributed by atoms with Gasteiger partial charge < -0.3 is 16.0 Å². The second kappa shape index (κ2) is 11.8. The van der Waals surface area contributed by atoms with Gasteiger partial charge in [0.25, 0.3) is 11.8 Å². The molecule has 1 aliphatic carbocycles. The Hall–Kier alpha value is -4.90. The molecule has 3 amide bonds. The number of benzene rings is 2. The Labute approximate surface area is 248 Å². The van der Waals surface area contributed by atoms with Gasteiger partial charge in [0.05, 0.1) is 29.2 Å². The maximum atomic E-state index is 13.3. The first-order chi connectivity index (χ1) is 20.8. The predicted octanol–water partition coefficient (Wildman–Crippen LogP) is 2.40. The minimum atomic E-state index is -0.889. The van der Waals surface area contributed by atoms with Crippen LogP contribution < -0.4 is 16.0 Å². The zero-order valence-corrected chi connectivity index (χ0v) is 23.6. The molecule has 1 atom stereocenters. The van der Waals surface area contributed by atoms with Gasteiger partial charge >= 0.3 is 0 Å². The molecule has 3 aromatic rings. The molecule has 3 heterocycles. The number of carbonyl (C=O) groups is 5. The number of rotatable bonds is 8. The second-order valence-corrected chi connectivity index (χ2v) is 11.1. The number of nitrogens with two attached hydrogens (primary N) is 1. The van der Waals surface area contributed by atoms with Crippen LogP contribution in [0.3, 0.4) is 0 Å². The highest BCUT2D eigenvalue weighted by molar-refractivity contribution is 6.25. The van der Waals surface area contributed by atoms with Gasteiger partial charge in [-0.15, -0.1) is 0 Å². The van der Waals surface area contributed by atoms with Gasteiger partial charge in [0.15, 0.2) is 5.78 Å². The maximum absolute atomic E-state index is 13.3. The number of amides is 3. The molecule has 11 nitrogen and oxygen atoms in total. The van der Waals surface area contributed by atoms with Crippen LogP contribution in [-0.2, 0) is 22.7 Å². The van der Waals surface area contributed by atoms with Crippen LogP contribution in [0.25, 0.3) is 0 Å². The van der Waals surface area contributed by atoms with E-state index in [1.807, 2.05) is 18.2 Å². The van der Waals surface area contributed by atoms with Crippen molar-refractivity contribution in [1.29, 1.82) is 0 Å². The third-order valence-electron chi connectivity index (χ3n) is 8.34. The molecule has 2 fully saturated rings. The minimum Gasteiger partial charge on any atom is -0.380 e. The number of pyridine rings is 1. The van der Waals surface area contributed by atoms with Gasteiger partial charge in [-0.25, -0.2) is 4.98 Å². The van der Waals surface area contributed by atoms with Crippen molar-refractivity contribution in [2.75, 3.05) is 36.4 Å². The Bertz CT molecular complexity index is 1600. The Morgan fingerprint density at radius 1 is 0.907 bits per heavy atom. The van der Waals surface area contributed by atoms with Crippen molar-refractivity contribution in [2.24, 2.45) is 5.73 Å². The number of anilines is 2. The average Bonchev–Trinajstić information content (AvgIpc) is 3.27. The number of imide groups is 1. The minimum absolute atomic E-state index is 0.156. The number of aromatic nitrogens is 1. The highest BCUT2D eigenvalue weighted by Gasteiger charge is 2.45. The third kappa shape index (κ3) is 5.76. The van der Waals surface area contributed by atoms with Crippen LogP contribution >= 0.6 is 0 Å². The van der Waals surface area contributed by atoms with Gasteiger partial charge in [0.1, 0.15) is 11.6 Å². The molecule has 0 bridgehead atoms. The van der Waals surface area contributed by atoms with Crippen LogP contribution in [0.5, 0.6) is 0 Å². The monoisotopic (exact) mass is 580 g/mol. The lowest BCUT2D eigenvalue weighted by Crippen LogP contribution is -2.47. The van der Waals surface area contributed by atoms with E-state index in [2.05, 4.69) is 32.2 Å². The Balaban J connectivity index is 1.04. The summed E-state index contributed by atoms with van der Waals surface area (Å²) in [5, 5.41) is 3.30. The largest absolute Gasteiger partial charge is 0.380 e. The standard InChI is InChI=1S/C32H32N6O5/c33-30(41)22-8-11-28(35-18-22)37-14-12-36(13-15-37)19-21-6-4-20(5-7-21)17-34-25-3-1-2-24-29(25)32(43)38(31(24)42)26-10-9-23(39)16-27(26)40/h1-8,11,18,26,34H,9-10,12-17,19H2,(H2,33,41)/t26-/m0/s1. The Morgan fingerprint density at radius 3 is 2.33 bits per heavy atom. The van der Waals surface area contributed by atoms with Crippen LogP contribution in [0.4, 0.5) is 11.5 Å². The maximum Gasteiger partial charge on any atom is 0.264 e. The molecule has 2 aliphatic heterocycles. The van der Waals surface area contributed by atoms with E-state index >= 15 is 0 Å². The topological polar surface area (TPSA) is 146 Å². The third-order valence-corrected chi connectivity index (χ3v) is 8.34. The molecular formula is C32H32N6O5. The molecular weight excluding hydrogens is 548 g/mol. The first-order valence-electron chi connectivity index (χ1n) is 14.4. The lowest BCUT2D eigenvalue weighted by molar-refractivity contribution is -0.132. The molecule has 43 heavy (non-hydrogen) atoms. The van der Waals surface area contributed by atoms with Crippen molar-refractivity contribution in [3.05, 3.63) is 88.6 Å². The fourth-order valence-electron chi connectivity index (χ4n) is 5.94. The average molecular weight is 581 g/mol. The summed E-state index contributed by atoms with van der Waals surface area (Å²) >= 11 is 0. The van der Waals surface area contributed by atoms with Crippen LogP contribution in [0.15, 0.2) is 60.8 Å². The predicted molar refractivity (Wildman–Crippen MR) is 159 cm³/mol. The molecule has 0 spiro atoms. The molecule has 1 saturated heterocycles. The van der Waals surface area contributed by atoms with Crippen molar-refractivity contribution >= 4 is 40.8 Å². The number of hydrogen-bond acceptors (Lipinski definition) is 9. The molecule has 3 aliphatic rings. The first-order valence-corrected chi connectivity index (χ1v) is 14.4. The molecule has 0 radical (unpaired) electrons. The summed E-state index contributed by atoms with van der Waals surface area (Å²) in [6.07, 6.45) is 1.65. The van der Waals surface area contributed by atoms with E-state index in [0.717, 1.165) is 49.0 Å². The number of hydrogen-bond donors (Lipinski definition) is 2. The van der Waals surface area contributed by atoms with Crippen LogP contribution in [0, 0.1) is 0 Å². The lowest BCUT2D eigenvalue weighted by Gasteiger charge is -2.35. The van der Waals surface area contributed by atoms with E-state index < -0.39 is 23.8 Å². The number of piperazine rings is 1. The smallest absolute Gasteiger partial charge is 0.264 e. The zero-order valence-electron chi connectivity index (χ0n) is 23.6. The van der Waals surface area contributed by atoms with E-state index in [0.29, 0.717) is 17.8 Å². The second-order valence-electron chi connectivity index (χ2n) is 11.1.